The molecule has 6 heteroatoms. The third-order valence-corrected chi connectivity index (χ3v) is 4.97. The molecule has 3 rings (SSSR count). The molecule has 0 atom stereocenters. The second-order valence-corrected chi connectivity index (χ2v) is 6.30. The molecule has 1 aliphatic rings. The summed E-state index contributed by atoms with van der Waals surface area (Å²) in [7, 11) is 0. The number of rotatable bonds is 4. The van der Waals surface area contributed by atoms with Crippen LogP contribution in [-0.4, -0.2) is 39.4 Å². The Hall–Kier alpha value is -1.53. The molecule has 0 unspecified atom stereocenters. The summed E-state index contributed by atoms with van der Waals surface area (Å²) in [4.78, 5) is 16.6. The average Bonchev–Trinajstić information content (AvgIpc) is 2.58. The van der Waals surface area contributed by atoms with Gasteiger partial charge in [-0.05, 0) is 41.9 Å². The quantitative estimate of drug-likeness (QED) is 0.761. The summed E-state index contributed by atoms with van der Waals surface area (Å²) in [5.41, 5.74) is 2.27. The van der Waals surface area contributed by atoms with Crippen molar-refractivity contribution >= 4 is 38.3 Å². The van der Waals surface area contributed by atoms with E-state index in [1.54, 1.807) is 0 Å². The molecule has 0 radical (unpaired) electrons. The number of morpholine rings is 1. The maximum atomic E-state index is 12.2. The fourth-order valence-electron chi connectivity index (χ4n) is 3.03. The summed E-state index contributed by atoms with van der Waals surface area (Å²) >= 11 is 3.41. The summed E-state index contributed by atoms with van der Waals surface area (Å²) in [6.45, 7) is 8.95. The van der Waals surface area contributed by atoms with Crippen LogP contribution in [0.2, 0.25) is 0 Å². The van der Waals surface area contributed by atoms with Crippen molar-refractivity contribution in [3.63, 3.8) is 0 Å². The van der Waals surface area contributed by atoms with Crippen molar-refractivity contribution < 1.29 is 9.15 Å². The molecule has 1 fully saturated rings. The molecule has 5 nitrogen and oxygen atoms in total. The highest BCUT2D eigenvalue weighted by molar-refractivity contribution is 9.10. The van der Waals surface area contributed by atoms with E-state index in [4.69, 9.17) is 9.15 Å². The highest BCUT2D eigenvalue weighted by Crippen LogP contribution is 2.34. The molecule has 0 saturated carbocycles. The predicted molar refractivity (Wildman–Crippen MR) is 96.8 cm³/mol. The normalized spacial score (nSPS) is 15.2. The lowest BCUT2D eigenvalue weighted by atomic mass is 10.1. The van der Waals surface area contributed by atoms with Crippen molar-refractivity contribution in [3.05, 3.63) is 33.1 Å². The van der Waals surface area contributed by atoms with Gasteiger partial charge in [-0.3, -0.25) is 0 Å². The third kappa shape index (κ3) is 3.10. The van der Waals surface area contributed by atoms with Gasteiger partial charge in [-0.1, -0.05) is 0 Å². The van der Waals surface area contributed by atoms with Crippen LogP contribution in [0, 0.1) is 0 Å². The van der Waals surface area contributed by atoms with Crippen LogP contribution in [0.5, 0.6) is 0 Å². The van der Waals surface area contributed by atoms with Crippen LogP contribution >= 0.6 is 15.9 Å². The first-order valence-electron chi connectivity index (χ1n) is 7.99. The standard InChI is InChI=1S/C17H21BrN2O3/c1-3-19(4-2)12-5-6-13-14(11-12)23-17(21)15(18)16(13)20-7-9-22-10-8-20/h5-6,11H,3-4,7-10H2,1-2H3. The Labute approximate surface area is 143 Å². The lowest BCUT2D eigenvalue weighted by Crippen LogP contribution is -2.37. The monoisotopic (exact) mass is 380 g/mol. The molecule has 23 heavy (non-hydrogen) atoms. The number of hydrogen-bond donors (Lipinski definition) is 0. The summed E-state index contributed by atoms with van der Waals surface area (Å²) < 4.78 is 11.4. The minimum Gasteiger partial charge on any atom is -0.422 e. The molecular formula is C17H21BrN2O3. The molecule has 0 amide bonds. The van der Waals surface area contributed by atoms with Crippen LogP contribution in [0.3, 0.4) is 0 Å². The second kappa shape index (κ2) is 6.93. The number of nitrogens with zero attached hydrogens (tertiary/aromatic N) is 2. The van der Waals surface area contributed by atoms with Gasteiger partial charge in [-0.25, -0.2) is 4.79 Å². The lowest BCUT2D eigenvalue weighted by molar-refractivity contribution is 0.122. The Morgan fingerprint density at radius 3 is 2.57 bits per heavy atom. The fourth-order valence-corrected chi connectivity index (χ4v) is 3.58. The minimum atomic E-state index is -0.337. The van der Waals surface area contributed by atoms with E-state index in [1.807, 2.05) is 12.1 Å². The van der Waals surface area contributed by atoms with Gasteiger partial charge in [0.25, 0.3) is 0 Å². The Balaban J connectivity index is 2.15. The molecule has 124 valence electrons. The zero-order chi connectivity index (χ0) is 16.4. The van der Waals surface area contributed by atoms with E-state index in [2.05, 4.69) is 45.6 Å². The largest absolute Gasteiger partial charge is 0.422 e. The summed E-state index contributed by atoms with van der Waals surface area (Å²) in [5.74, 6) is 0. The molecule has 0 bridgehead atoms. The van der Waals surface area contributed by atoms with Crippen LogP contribution in [0.4, 0.5) is 11.4 Å². The van der Waals surface area contributed by atoms with Crippen LogP contribution < -0.4 is 15.4 Å². The number of ether oxygens (including phenoxy) is 1. The van der Waals surface area contributed by atoms with Crippen molar-refractivity contribution in [1.82, 2.24) is 0 Å². The van der Waals surface area contributed by atoms with Gasteiger partial charge in [0.1, 0.15) is 10.1 Å². The molecule has 0 spiro atoms. The van der Waals surface area contributed by atoms with Gasteiger partial charge in [-0.15, -0.1) is 0 Å². The van der Waals surface area contributed by atoms with E-state index in [9.17, 15) is 4.79 Å². The van der Waals surface area contributed by atoms with Crippen molar-refractivity contribution in [2.45, 2.75) is 13.8 Å². The van der Waals surface area contributed by atoms with Crippen molar-refractivity contribution in [2.75, 3.05) is 49.2 Å². The van der Waals surface area contributed by atoms with E-state index in [1.165, 1.54) is 0 Å². The van der Waals surface area contributed by atoms with Gasteiger partial charge in [0.05, 0.1) is 18.9 Å². The van der Waals surface area contributed by atoms with Crippen LogP contribution in [0.15, 0.2) is 31.9 Å². The van der Waals surface area contributed by atoms with Crippen LogP contribution in [0.25, 0.3) is 11.0 Å². The van der Waals surface area contributed by atoms with Crippen LogP contribution in [-0.2, 0) is 4.74 Å². The number of anilines is 2. The van der Waals surface area contributed by atoms with Gasteiger partial charge in [0, 0.05) is 43.3 Å². The van der Waals surface area contributed by atoms with E-state index in [0.717, 1.165) is 42.9 Å². The average molecular weight is 381 g/mol. The Bertz CT molecular complexity index is 749. The first kappa shape index (κ1) is 16.3. The van der Waals surface area contributed by atoms with E-state index in [0.29, 0.717) is 23.3 Å². The summed E-state index contributed by atoms with van der Waals surface area (Å²) in [6, 6.07) is 6.09. The number of benzene rings is 1. The van der Waals surface area contributed by atoms with E-state index >= 15 is 0 Å². The highest BCUT2D eigenvalue weighted by atomic mass is 79.9. The smallest absolute Gasteiger partial charge is 0.352 e. The molecule has 0 N–H and O–H groups in total. The Morgan fingerprint density at radius 1 is 1.22 bits per heavy atom. The number of halogens is 1. The molecule has 1 aliphatic heterocycles. The Morgan fingerprint density at radius 2 is 1.91 bits per heavy atom. The molecule has 1 aromatic carbocycles. The lowest BCUT2D eigenvalue weighted by Gasteiger charge is -2.30. The molecule has 2 aromatic rings. The van der Waals surface area contributed by atoms with Crippen LogP contribution in [0.1, 0.15) is 13.8 Å². The first-order valence-corrected chi connectivity index (χ1v) is 8.79. The van der Waals surface area contributed by atoms with Gasteiger partial charge in [0.2, 0.25) is 0 Å². The fraction of sp³-hybridized carbons (Fsp3) is 0.471. The van der Waals surface area contributed by atoms with Gasteiger partial charge in [0.15, 0.2) is 0 Å². The van der Waals surface area contributed by atoms with Crippen molar-refractivity contribution in [3.8, 4) is 0 Å². The van der Waals surface area contributed by atoms with Gasteiger partial charge >= 0.3 is 5.63 Å². The molecule has 0 aliphatic carbocycles. The zero-order valence-electron chi connectivity index (χ0n) is 13.5. The topological polar surface area (TPSA) is 45.9 Å². The minimum absolute atomic E-state index is 0.337. The van der Waals surface area contributed by atoms with Gasteiger partial charge in [-0.2, -0.15) is 0 Å². The zero-order valence-corrected chi connectivity index (χ0v) is 15.1. The first-order chi connectivity index (χ1) is 11.2. The van der Waals surface area contributed by atoms with E-state index in [-0.39, 0.29) is 5.63 Å². The van der Waals surface area contributed by atoms with Gasteiger partial charge < -0.3 is 19.0 Å². The second-order valence-electron chi connectivity index (χ2n) is 5.50. The SMILES string of the molecule is CCN(CC)c1ccc2c(N3CCOCC3)c(Br)c(=O)oc2c1. The molecule has 1 saturated heterocycles. The van der Waals surface area contributed by atoms with Crippen molar-refractivity contribution in [1.29, 1.82) is 0 Å². The Kier molecular flexibility index (Phi) is 4.92. The highest BCUT2D eigenvalue weighted by Gasteiger charge is 2.21. The van der Waals surface area contributed by atoms with Crippen molar-refractivity contribution in [2.24, 2.45) is 0 Å². The third-order valence-electron chi connectivity index (χ3n) is 4.27. The predicted octanol–water partition coefficient (Wildman–Crippen LogP) is 3.24. The summed E-state index contributed by atoms with van der Waals surface area (Å²) in [5, 5.41) is 0.953. The maximum Gasteiger partial charge on any atom is 0.352 e. The molecular weight excluding hydrogens is 360 g/mol. The summed E-state index contributed by atoms with van der Waals surface area (Å²) in [6.07, 6.45) is 0. The number of hydrogen-bond acceptors (Lipinski definition) is 5. The number of fused-ring (bicyclic) bond motifs is 1. The molecule has 1 aromatic heterocycles. The molecule has 2 heterocycles. The van der Waals surface area contributed by atoms with E-state index < -0.39 is 0 Å². The maximum absolute atomic E-state index is 12.2.